The molecule has 0 aliphatic heterocycles. The lowest BCUT2D eigenvalue weighted by atomic mass is 9.90. The fraction of sp³-hybridized carbons (Fsp3) is 0.958. The topological polar surface area (TPSA) is 55.8 Å². The molecule has 0 aromatic rings. The van der Waals surface area contributed by atoms with Gasteiger partial charge in [-0.3, -0.25) is 4.79 Å². The maximum Gasteiger partial charge on any atom is 0.306 e. The molecule has 316 valence electrons. The Labute approximate surface area is 332 Å². The largest absolute Gasteiger partial charge is 0.466 e. The van der Waals surface area contributed by atoms with E-state index < -0.39 is 0 Å². The summed E-state index contributed by atoms with van der Waals surface area (Å²) in [6.45, 7) is 14.2. The van der Waals surface area contributed by atoms with Crippen molar-refractivity contribution in [1.82, 2.24) is 4.90 Å². The Kier molecular flexibility index (Phi) is 41.5. The van der Waals surface area contributed by atoms with Gasteiger partial charge in [0.25, 0.3) is 0 Å². The average Bonchev–Trinajstić information content (AvgIpc) is 3.16. The van der Waals surface area contributed by atoms with Gasteiger partial charge in [0.05, 0.1) is 6.61 Å². The molecule has 5 nitrogen and oxygen atoms in total. The highest BCUT2D eigenvalue weighted by Crippen LogP contribution is 2.25. The molecule has 3 unspecified atom stereocenters. The summed E-state index contributed by atoms with van der Waals surface area (Å²) in [5, 5.41) is 0. The number of hydrogen-bond acceptors (Lipinski definition) is 5. The van der Waals surface area contributed by atoms with Crippen LogP contribution in [0.15, 0.2) is 0 Å². The Bertz CT molecular complexity index is 741. The van der Waals surface area contributed by atoms with E-state index >= 15 is 0 Å². The molecule has 0 aromatic heterocycles. The second kappa shape index (κ2) is 42.2. The highest BCUT2D eigenvalue weighted by molar-refractivity contribution is 5.69. The number of aldehydes is 1. The predicted octanol–water partition coefficient (Wildman–Crippen LogP) is 14.5. The minimum atomic E-state index is 0.0264. The first-order valence-corrected chi connectivity index (χ1v) is 23.8. The minimum Gasteiger partial charge on any atom is -0.466 e. The molecule has 0 N–H and O–H groups in total. The summed E-state index contributed by atoms with van der Waals surface area (Å²) >= 11 is 0. The first-order chi connectivity index (χ1) is 26.0. The number of unbranched alkanes of at least 4 members (excludes halogenated alkanes) is 19. The molecule has 3 atom stereocenters. The van der Waals surface area contributed by atoms with Crippen molar-refractivity contribution >= 4 is 12.3 Å². The van der Waals surface area contributed by atoms with Gasteiger partial charge in [0, 0.05) is 26.6 Å². The Balaban J connectivity index is 4.05. The maximum atomic E-state index is 12.7. The van der Waals surface area contributed by atoms with Gasteiger partial charge in [-0.25, -0.2) is 0 Å². The monoisotopic (exact) mass is 750 g/mol. The smallest absolute Gasteiger partial charge is 0.306 e. The number of methoxy groups -OCH3 is 1. The number of carbonyl (C=O) groups excluding carboxylic acids is 2. The highest BCUT2D eigenvalue weighted by atomic mass is 16.5. The number of carbonyl (C=O) groups is 2. The van der Waals surface area contributed by atoms with E-state index in [4.69, 9.17) is 9.47 Å². The van der Waals surface area contributed by atoms with E-state index in [1.54, 1.807) is 7.11 Å². The van der Waals surface area contributed by atoms with Crippen molar-refractivity contribution in [2.75, 3.05) is 40.0 Å². The minimum absolute atomic E-state index is 0.0264. The number of rotatable bonds is 44. The van der Waals surface area contributed by atoms with Crippen molar-refractivity contribution in [2.45, 2.75) is 240 Å². The van der Waals surface area contributed by atoms with E-state index in [-0.39, 0.29) is 5.97 Å². The Morgan fingerprint density at radius 1 is 0.491 bits per heavy atom. The molecule has 0 radical (unpaired) electrons. The highest BCUT2D eigenvalue weighted by Gasteiger charge is 2.15. The van der Waals surface area contributed by atoms with Gasteiger partial charge in [-0.15, -0.1) is 0 Å². The van der Waals surface area contributed by atoms with E-state index in [1.165, 1.54) is 199 Å². The Morgan fingerprint density at radius 2 is 0.887 bits per heavy atom. The molecule has 0 fully saturated rings. The van der Waals surface area contributed by atoms with Crippen LogP contribution >= 0.6 is 0 Å². The van der Waals surface area contributed by atoms with Gasteiger partial charge in [0.15, 0.2) is 0 Å². The molecule has 0 saturated heterocycles. The van der Waals surface area contributed by atoms with Crippen LogP contribution < -0.4 is 0 Å². The van der Waals surface area contributed by atoms with Crippen LogP contribution in [0, 0.1) is 17.8 Å². The quantitative estimate of drug-likeness (QED) is 0.0353. The lowest BCUT2D eigenvalue weighted by Gasteiger charge is -2.23. The van der Waals surface area contributed by atoms with Gasteiger partial charge in [-0.2, -0.15) is 0 Å². The van der Waals surface area contributed by atoms with Crippen LogP contribution in [-0.4, -0.2) is 57.1 Å². The van der Waals surface area contributed by atoms with Crippen molar-refractivity contribution in [3.63, 3.8) is 0 Å². The lowest BCUT2D eigenvalue weighted by molar-refractivity contribution is -0.145. The Hall–Kier alpha value is -0.940. The van der Waals surface area contributed by atoms with Crippen molar-refractivity contribution in [3.8, 4) is 0 Å². The standard InChI is InChI=1S/C48H95NO4/c1-6-10-32-46(39-41-50)36-28-22-23-29-37-47(33-11-7-2)44-48(51)53-43-31-25-19-15-13-17-21-27-35-45(38-40-49(8-3)9-4)34-26-20-16-12-14-18-24-30-42-52-5/h41,45-47H,6-40,42-44H2,1-5H3. The molecular weight excluding hydrogens is 655 g/mol. The van der Waals surface area contributed by atoms with Crippen molar-refractivity contribution < 1.29 is 19.1 Å². The average molecular weight is 750 g/mol. The van der Waals surface area contributed by atoms with Crippen LogP contribution in [0.3, 0.4) is 0 Å². The summed E-state index contributed by atoms with van der Waals surface area (Å²) in [6, 6.07) is 0. The molecule has 0 heterocycles. The normalized spacial score (nSPS) is 13.4. The zero-order valence-electron chi connectivity index (χ0n) is 36.8. The van der Waals surface area contributed by atoms with E-state index in [9.17, 15) is 9.59 Å². The zero-order valence-corrected chi connectivity index (χ0v) is 36.8. The van der Waals surface area contributed by atoms with Crippen LogP contribution in [0.5, 0.6) is 0 Å². The second-order valence-corrected chi connectivity index (χ2v) is 16.7. The van der Waals surface area contributed by atoms with Gasteiger partial charge in [0.2, 0.25) is 0 Å². The molecule has 0 aliphatic carbocycles. The van der Waals surface area contributed by atoms with Crippen LogP contribution in [0.1, 0.15) is 240 Å². The summed E-state index contributed by atoms with van der Waals surface area (Å²) in [5.74, 6) is 2.00. The number of ether oxygens (including phenoxy) is 2. The fourth-order valence-electron chi connectivity index (χ4n) is 8.22. The molecule has 0 amide bonds. The van der Waals surface area contributed by atoms with Gasteiger partial charge in [0.1, 0.15) is 6.29 Å². The number of esters is 1. The van der Waals surface area contributed by atoms with Gasteiger partial charge < -0.3 is 19.2 Å². The van der Waals surface area contributed by atoms with E-state index in [2.05, 4.69) is 32.6 Å². The van der Waals surface area contributed by atoms with Gasteiger partial charge in [-0.1, -0.05) is 195 Å². The molecule has 0 rings (SSSR count). The van der Waals surface area contributed by atoms with Crippen LogP contribution in [0.25, 0.3) is 0 Å². The summed E-state index contributed by atoms with van der Waals surface area (Å²) in [7, 11) is 1.81. The molecule has 0 bridgehead atoms. The molecule has 0 saturated carbocycles. The van der Waals surface area contributed by atoms with E-state index in [0.717, 1.165) is 44.5 Å². The maximum absolute atomic E-state index is 12.7. The summed E-state index contributed by atoms with van der Waals surface area (Å²) in [6.07, 6.45) is 42.5. The Morgan fingerprint density at radius 3 is 1.34 bits per heavy atom. The summed E-state index contributed by atoms with van der Waals surface area (Å²) in [5.41, 5.74) is 0. The van der Waals surface area contributed by atoms with Crippen LogP contribution in [0.4, 0.5) is 0 Å². The molecule has 0 spiro atoms. The first-order valence-electron chi connectivity index (χ1n) is 23.8. The third-order valence-corrected chi connectivity index (χ3v) is 12.0. The first kappa shape index (κ1) is 52.1. The predicted molar refractivity (Wildman–Crippen MR) is 231 cm³/mol. The zero-order chi connectivity index (χ0) is 38.9. The third kappa shape index (κ3) is 36.5. The fourth-order valence-corrected chi connectivity index (χ4v) is 8.22. The molecule has 5 heteroatoms. The van der Waals surface area contributed by atoms with E-state index in [0.29, 0.717) is 24.9 Å². The van der Waals surface area contributed by atoms with Crippen LogP contribution in [-0.2, 0) is 19.1 Å². The lowest BCUT2D eigenvalue weighted by Crippen LogP contribution is -2.25. The summed E-state index contributed by atoms with van der Waals surface area (Å²) < 4.78 is 10.9. The van der Waals surface area contributed by atoms with E-state index in [1.807, 2.05) is 0 Å². The SMILES string of the molecule is CCCCC(CC=O)CCCCCCC(CCCC)CC(=O)OCCCCCCCCCCC(CCCCCCCCCCOC)CCN(CC)CC. The third-order valence-electron chi connectivity index (χ3n) is 12.0. The number of nitrogens with zero attached hydrogens (tertiary/aromatic N) is 1. The molecule has 0 aromatic carbocycles. The molecular formula is C48H95NO4. The van der Waals surface area contributed by atoms with Gasteiger partial charge >= 0.3 is 5.97 Å². The van der Waals surface area contributed by atoms with Crippen molar-refractivity contribution in [3.05, 3.63) is 0 Å². The van der Waals surface area contributed by atoms with Gasteiger partial charge in [-0.05, 0) is 69.5 Å². The van der Waals surface area contributed by atoms with Crippen molar-refractivity contribution in [2.24, 2.45) is 17.8 Å². The van der Waals surface area contributed by atoms with Crippen LogP contribution in [0.2, 0.25) is 0 Å². The summed E-state index contributed by atoms with van der Waals surface area (Å²) in [4.78, 5) is 26.3. The molecule has 0 aliphatic rings. The number of hydrogen-bond donors (Lipinski definition) is 0. The second-order valence-electron chi connectivity index (χ2n) is 16.7. The molecule has 53 heavy (non-hydrogen) atoms. The van der Waals surface area contributed by atoms with Crippen molar-refractivity contribution in [1.29, 1.82) is 0 Å².